The Labute approximate surface area is 339 Å². The molecule has 0 N–H and O–H groups in total. The Hall–Kier alpha value is 3.29. The Morgan fingerprint density at radius 2 is 0.758 bits per heavy atom. The zero-order chi connectivity index (χ0) is 20.8. The summed E-state index contributed by atoms with van der Waals surface area (Å²) in [7, 11) is 0. The molecule has 0 amide bonds. The minimum Gasteiger partial charge on any atom is -0.550 e. The second kappa shape index (κ2) is 19.4. The SMILES string of the molecule is O=C([O-])C1C(C(=O)[O-])(C(=O)[O-])CC(C(=O)[O-])(C(=O)[O-])C1(C(=O)[O-])C(=O)[O-].[Na+].[Na+].[Na+].[Na+].[Na+].[Na+].[Na+]. The summed E-state index contributed by atoms with van der Waals surface area (Å²) < 4.78 is 0. The fourth-order valence-electron chi connectivity index (χ4n) is 3.33. The van der Waals surface area contributed by atoms with Crippen LogP contribution in [-0.2, 0) is 33.6 Å². The molecule has 0 aromatic carbocycles. The van der Waals surface area contributed by atoms with Crippen molar-refractivity contribution in [3.63, 3.8) is 0 Å². The van der Waals surface area contributed by atoms with Gasteiger partial charge in [-0.05, 0) is 6.42 Å². The van der Waals surface area contributed by atoms with Gasteiger partial charge < -0.3 is 69.3 Å². The monoisotopic (exact) mass is 532 g/mol. The van der Waals surface area contributed by atoms with E-state index in [2.05, 4.69) is 0 Å². The van der Waals surface area contributed by atoms with Crippen LogP contribution in [0.25, 0.3) is 0 Å². The second-order valence-corrected chi connectivity index (χ2v) is 5.34. The van der Waals surface area contributed by atoms with Crippen molar-refractivity contribution >= 4 is 41.8 Å². The van der Waals surface area contributed by atoms with Gasteiger partial charge in [-0.3, -0.25) is 0 Å². The average Bonchev–Trinajstić information content (AvgIpc) is 2.78. The van der Waals surface area contributed by atoms with Crippen molar-refractivity contribution in [2.45, 2.75) is 6.42 Å². The van der Waals surface area contributed by atoms with Gasteiger partial charge >= 0.3 is 207 Å². The number of carbonyl (C=O) groups excluding carboxylic acids is 7. The predicted octanol–water partition coefficient (Wildman–Crippen LogP) is -32.8. The first kappa shape index (κ1) is 52.7. The third-order valence-corrected chi connectivity index (χ3v) is 4.45. The average molecular weight is 532 g/mol. The molecule has 0 aromatic heterocycles. The Bertz CT molecular complexity index is 742. The molecule has 1 rings (SSSR count). The first-order valence-electron chi connectivity index (χ1n) is 6.18. The van der Waals surface area contributed by atoms with E-state index in [-0.39, 0.29) is 207 Å². The van der Waals surface area contributed by atoms with Crippen molar-refractivity contribution in [3.8, 4) is 0 Å². The van der Waals surface area contributed by atoms with Crippen LogP contribution in [0.5, 0.6) is 0 Å². The van der Waals surface area contributed by atoms with Gasteiger partial charge in [0.15, 0.2) is 0 Å². The van der Waals surface area contributed by atoms with Crippen molar-refractivity contribution in [1.29, 1.82) is 0 Å². The fourth-order valence-corrected chi connectivity index (χ4v) is 3.33. The first-order chi connectivity index (χ1) is 11.7. The standard InChI is InChI=1S/C12H10O14.7Na/c13-3(14)2-10(4(15)16,5(17)18)1-11(6(19)20,7(21)22)12(2,8(23)24)9(25)26;;;;;;;/h2H,1H2,(H,13,14)(H,15,16)(H,17,18)(H,19,20)(H,21,22)(H,23,24)(H,25,26);;;;;;;/q;7*+1/p-7. The minimum absolute atomic E-state index is 0. The summed E-state index contributed by atoms with van der Waals surface area (Å²) in [4.78, 5) is 79.3. The summed E-state index contributed by atoms with van der Waals surface area (Å²) in [5.41, 5.74) is -13.7. The summed E-state index contributed by atoms with van der Waals surface area (Å²) in [6.45, 7) is 0. The Morgan fingerprint density at radius 1 is 0.485 bits per heavy atom. The van der Waals surface area contributed by atoms with E-state index < -0.39 is 70.4 Å². The number of carbonyl (C=O) groups is 7. The third kappa shape index (κ3) is 7.92. The molecule has 1 aliphatic carbocycles. The van der Waals surface area contributed by atoms with Gasteiger partial charge in [0.25, 0.3) is 0 Å². The van der Waals surface area contributed by atoms with Crippen LogP contribution in [-0.4, -0.2) is 41.8 Å². The second-order valence-electron chi connectivity index (χ2n) is 5.34. The number of hydrogen-bond donors (Lipinski definition) is 0. The Balaban J connectivity index is -0.000000193. The number of rotatable bonds is 7. The zero-order valence-electron chi connectivity index (χ0n) is 19.0. The topological polar surface area (TPSA) is 281 Å². The maximum atomic E-state index is 11.4. The van der Waals surface area contributed by atoms with Gasteiger partial charge in [0.1, 0.15) is 0 Å². The Morgan fingerprint density at radius 3 is 0.909 bits per heavy atom. The number of carboxylic acids is 7. The molecule has 0 aliphatic heterocycles. The smallest absolute Gasteiger partial charge is 0.550 e. The molecule has 1 unspecified atom stereocenters. The number of carboxylic acid groups (broad SMARTS) is 7. The molecule has 14 nitrogen and oxygen atoms in total. The van der Waals surface area contributed by atoms with E-state index in [1.165, 1.54) is 0 Å². The maximum Gasteiger partial charge on any atom is 1.00 e. The van der Waals surface area contributed by atoms with Crippen LogP contribution in [0.1, 0.15) is 6.42 Å². The molecule has 1 saturated carbocycles. The van der Waals surface area contributed by atoms with E-state index >= 15 is 0 Å². The van der Waals surface area contributed by atoms with Crippen LogP contribution in [0.2, 0.25) is 0 Å². The molecule has 33 heavy (non-hydrogen) atoms. The van der Waals surface area contributed by atoms with Crippen LogP contribution in [0.4, 0.5) is 0 Å². The van der Waals surface area contributed by atoms with Crippen LogP contribution in [0.15, 0.2) is 0 Å². The van der Waals surface area contributed by atoms with Gasteiger partial charge in [0.2, 0.25) is 0 Å². The van der Waals surface area contributed by atoms with Crippen LogP contribution < -0.4 is 243 Å². The molecule has 0 aromatic rings. The van der Waals surface area contributed by atoms with Gasteiger partial charge in [-0.15, -0.1) is 0 Å². The summed E-state index contributed by atoms with van der Waals surface area (Å²) >= 11 is 0. The third-order valence-electron chi connectivity index (χ3n) is 4.45. The van der Waals surface area contributed by atoms with Gasteiger partial charge in [-0.25, -0.2) is 0 Å². The van der Waals surface area contributed by atoms with Gasteiger partial charge in [0, 0.05) is 11.9 Å². The largest absolute Gasteiger partial charge is 1.00 e. The van der Waals surface area contributed by atoms with Gasteiger partial charge in [-0.2, -0.15) is 0 Å². The first-order valence-corrected chi connectivity index (χ1v) is 6.18. The van der Waals surface area contributed by atoms with Crippen LogP contribution in [0, 0.1) is 22.2 Å². The summed E-state index contributed by atoms with van der Waals surface area (Å²) in [5, 5.41) is 79.3. The van der Waals surface area contributed by atoms with Gasteiger partial charge in [-0.1, -0.05) is 0 Å². The predicted molar refractivity (Wildman–Crippen MR) is 50.5 cm³/mol. The molecule has 142 valence electrons. The summed E-state index contributed by atoms with van der Waals surface area (Å²) in [6.07, 6.45) is -2.50. The Kier molecular flexibility index (Phi) is 30.9. The van der Waals surface area contributed by atoms with Gasteiger partial charge in [0.05, 0.1) is 52.1 Å². The molecule has 1 aliphatic rings. The molecule has 0 radical (unpaired) electrons. The summed E-state index contributed by atoms with van der Waals surface area (Å²) in [5.74, 6) is -26.1. The molecule has 1 fully saturated rings. The molecule has 0 bridgehead atoms. The molecule has 0 spiro atoms. The fraction of sp³-hybridized carbons (Fsp3) is 0.417. The quantitative estimate of drug-likeness (QED) is 0.217. The number of hydrogen-bond acceptors (Lipinski definition) is 14. The van der Waals surface area contributed by atoms with E-state index in [1.54, 1.807) is 0 Å². The van der Waals surface area contributed by atoms with Crippen LogP contribution >= 0.6 is 0 Å². The molecule has 1 atom stereocenters. The van der Waals surface area contributed by atoms with Crippen molar-refractivity contribution < 1.29 is 276 Å². The van der Waals surface area contributed by atoms with E-state index in [9.17, 15) is 69.3 Å². The zero-order valence-corrected chi connectivity index (χ0v) is 33.0. The molecule has 0 heterocycles. The summed E-state index contributed by atoms with van der Waals surface area (Å²) in [6, 6.07) is 0. The van der Waals surface area contributed by atoms with E-state index in [4.69, 9.17) is 0 Å². The van der Waals surface area contributed by atoms with E-state index in [0.717, 1.165) is 0 Å². The maximum absolute atomic E-state index is 11.4. The van der Waals surface area contributed by atoms with Crippen molar-refractivity contribution in [2.75, 3.05) is 0 Å². The van der Waals surface area contributed by atoms with Crippen molar-refractivity contribution in [1.82, 2.24) is 0 Å². The molecular weight excluding hydrogens is 529 g/mol. The van der Waals surface area contributed by atoms with Crippen LogP contribution in [0.3, 0.4) is 0 Å². The van der Waals surface area contributed by atoms with Crippen molar-refractivity contribution in [3.05, 3.63) is 0 Å². The molecule has 21 heteroatoms. The van der Waals surface area contributed by atoms with Crippen molar-refractivity contribution in [2.24, 2.45) is 22.2 Å². The van der Waals surface area contributed by atoms with E-state index in [1.807, 2.05) is 0 Å². The molecular formula is C12H3Na7O14. The minimum atomic E-state index is -4.83. The number of aliphatic carboxylic acids is 7. The molecule has 0 saturated heterocycles. The van der Waals surface area contributed by atoms with E-state index in [0.29, 0.717) is 0 Å². The normalized spacial score (nSPS) is 17.4.